The molecule has 8 heteroatoms. The van der Waals surface area contributed by atoms with Gasteiger partial charge in [-0.05, 0) is 92.3 Å². The average molecular weight is 495 g/mol. The number of benzene rings is 3. The molecule has 3 aromatic carbocycles. The molecule has 0 radical (unpaired) electrons. The zero-order chi connectivity index (χ0) is 24.8. The third-order valence-electron chi connectivity index (χ3n) is 5.94. The first-order chi connectivity index (χ1) is 16.9. The maximum Gasteiger partial charge on any atom is 0.261 e. The van der Waals surface area contributed by atoms with Gasteiger partial charge in [0.25, 0.3) is 15.9 Å². The van der Waals surface area contributed by atoms with Gasteiger partial charge in [0.1, 0.15) is 11.5 Å². The number of amides is 1. The van der Waals surface area contributed by atoms with Gasteiger partial charge in [-0.15, -0.1) is 0 Å². The van der Waals surface area contributed by atoms with Crippen molar-refractivity contribution in [1.82, 2.24) is 5.32 Å². The predicted molar refractivity (Wildman–Crippen MR) is 135 cm³/mol. The first-order valence-corrected chi connectivity index (χ1v) is 13.2. The largest absolute Gasteiger partial charge is 0.494 e. The highest BCUT2D eigenvalue weighted by atomic mass is 32.2. The minimum absolute atomic E-state index is 0.0154. The summed E-state index contributed by atoms with van der Waals surface area (Å²) in [7, 11) is -3.78. The lowest BCUT2D eigenvalue weighted by atomic mass is 9.88. The van der Waals surface area contributed by atoms with Gasteiger partial charge < -0.3 is 14.8 Å². The topological polar surface area (TPSA) is 93.7 Å². The molecule has 0 aliphatic heterocycles. The average Bonchev–Trinajstić information content (AvgIpc) is 2.85. The molecule has 0 saturated heterocycles. The van der Waals surface area contributed by atoms with E-state index in [1.54, 1.807) is 37.3 Å². The number of fused-ring (bicyclic) bond motifs is 1. The normalized spacial score (nSPS) is 15.1. The maximum absolute atomic E-state index is 12.8. The van der Waals surface area contributed by atoms with E-state index in [4.69, 9.17) is 9.47 Å². The van der Waals surface area contributed by atoms with Crippen molar-refractivity contribution >= 4 is 21.6 Å². The minimum atomic E-state index is -3.78. The molecule has 4 rings (SSSR count). The number of carbonyl (C=O) groups is 1. The molecule has 0 fully saturated rings. The fourth-order valence-corrected chi connectivity index (χ4v) is 5.38. The highest BCUT2D eigenvalue weighted by Crippen LogP contribution is 2.29. The van der Waals surface area contributed by atoms with Crippen LogP contribution < -0.4 is 19.5 Å². The van der Waals surface area contributed by atoms with Crippen molar-refractivity contribution in [3.8, 4) is 11.5 Å². The fraction of sp³-hybridized carbons (Fsp3) is 0.296. The van der Waals surface area contributed by atoms with Gasteiger partial charge in [-0.3, -0.25) is 9.52 Å². The predicted octanol–water partition coefficient (Wildman–Crippen LogP) is 4.77. The summed E-state index contributed by atoms with van der Waals surface area (Å²) < 4.78 is 39.3. The molecule has 0 bridgehead atoms. The molecule has 0 unspecified atom stereocenters. The van der Waals surface area contributed by atoms with Crippen molar-refractivity contribution in [2.24, 2.45) is 0 Å². The van der Waals surface area contributed by atoms with E-state index in [9.17, 15) is 13.2 Å². The minimum Gasteiger partial charge on any atom is -0.494 e. The Kier molecular flexibility index (Phi) is 7.60. The number of hydrogen-bond donors (Lipinski definition) is 2. The van der Waals surface area contributed by atoms with Crippen molar-refractivity contribution in [2.45, 2.75) is 44.0 Å². The van der Waals surface area contributed by atoms with E-state index in [2.05, 4.69) is 22.2 Å². The Bertz CT molecular complexity index is 1290. The molecule has 0 aromatic heterocycles. The van der Waals surface area contributed by atoms with Gasteiger partial charge in [-0.25, -0.2) is 8.42 Å². The summed E-state index contributed by atoms with van der Waals surface area (Å²) in [5, 5.41) is 3.06. The quantitative estimate of drug-likeness (QED) is 0.447. The van der Waals surface area contributed by atoms with Crippen LogP contribution in [0.5, 0.6) is 11.5 Å². The van der Waals surface area contributed by atoms with Crippen LogP contribution in [0, 0.1) is 6.92 Å². The van der Waals surface area contributed by atoms with Gasteiger partial charge >= 0.3 is 0 Å². The molecule has 1 aliphatic rings. The van der Waals surface area contributed by atoms with Gasteiger partial charge in [-0.1, -0.05) is 24.3 Å². The Morgan fingerprint density at radius 2 is 1.80 bits per heavy atom. The van der Waals surface area contributed by atoms with Gasteiger partial charge in [0.2, 0.25) is 0 Å². The molecule has 1 aliphatic carbocycles. The summed E-state index contributed by atoms with van der Waals surface area (Å²) in [6.07, 6.45) is 2.96. The zero-order valence-corrected chi connectivity index (χ0v) is 20.7. The third kappa shape index (κ3) is 6.14. The van der Waals surface area contributed by atoms with E-state index >= 15 is 0 Å². The summed E-state index contributed by atoms with van der Waals surface area (Å²) in [6.45, 7) is 4.03. The highest BCUT2D eigenvalue weighted by molar-refractivity contribution is 7.92. The molecule has 1 atom stereocenters. The number of anilines is 1. The second kappa shape index (κ2) is 10.8. The Morgan fingerprint density at radius 3 is 2.54 bits per heavy atom. The first-order valence-electron chi connectivity index (χ1n) is 11.7. The summed E-state index contributed by atoms with van der Waals surface area (Å²) in [5.41, 5.74) is 3.50. The monoisotopic (exact) mass is 494 g/mol. The van der Waals surface area contributed by atoms with Crippen molar-refractivity contribution in [2.75, 3.05) is 17.9 Å². The molecular formula is C27H30N2O5S. The molecule has 3 aromatic rings. The molecular weight excluding hydrogens is 464 g/mol. The van der Waals surface area contributed by atoms with Crippen molar-refractivity contribution in [1.29, 1.82) is 0 Å². The molecule has 2 N–H and O–H groups in total. The number of carbonyl (C=O) groups excluding carboxylic acids is 1. The lowest BCUT2D eigenvalue weighted by Crippen LogP contribution is -2.34. The van der Waals surface area contributed by atoms with Crippen LogP contribution in [0.4, 0.5) is 5.69 Å². The van der Waals surface area contributed by atoms with E-state index < -0.39 is 10.0 Å². The Morgan fingerprint density at radius 1 is 1.03 bits per heavy atom. The van der Waals surface area contributed by atoms with Crippen LogP contribution in [0.3, 0.4) is 0 Å². The first kappa shape index (κ1) is 24.6. The van der Waals surface area contributed by atoms with Crippen molar-refractivity contribution in [3.05, 3.63) is 83.4 Å². The van der Waals surface area contributed by atoms with Crippen molar-refractivity contribution in [3.63, 3.8) is 0 Å². The number of aryl methyl sites for hydroxylation is 2. The van der Waals surface area contributed by atoms with Crippen LogP contribution >= 0.6 is 0 Å². The van der Waals surface area contributed by atoms with E-state index in [1.165, 1.54) is 17.7 Å². The third-order valence-corrected chi connectivity index (χ3v) is 7.32. The SMILES string of the molecule is CCOc1ccc(NS(=O)(=O)c2ccc(OCC(=O)N[C@@H]3CCCc4ccccc43)c(C)c2)cc1. The van der Waals surface area contributed by atoms with Gasteiger partial charge in [-0.2, -0.15) is 0 Å². The molecule has 184 valence electrons. The number of hydrogen-bond acceptors (Lipinski definition) is 5. The lowest BCUT2D eigenvalue weighted by molar-refractivity contribution is -0.124. The van der Waals surface area contributed by atoms with Crippen LogP contribution in [0.1, 0.15) is 42.5 Å². The molecule has 1 amide bonds. The van der Waals surface area contributed by atoms with Crippen LogP contribution in [-0.2, 0) is 21.2 Å². The molecule has 35 heavy (non-hydrogen) atoms. The number of nitrogens with one attached hydrogen (secondary N) is 2. The smallest absolute Gasteiger partial charge is 0.261 e. The van der Waals surface area contributed by atoms with E-state index in [1.807, 2.05) is 19.1 Å². The summed E-state index contributed by atoms with van der Waals surface area (Å²) in [6, 6.07) is 19.4. The van der Waals surface area contributed by atoms with E-state index in [0.29, 0.717) is 29.4 Å². The second-order valence-corrected chi connectivity index (χ2v) is 10.2. The molecule has 7 nitrogen and oxygen atoms in total. The van der Waals surface area contributed by atoms with Crippen LogP contribution in [0.25, 0.3) is 0 Å². The molecule has 0 spiro atoms. The molecule has 0 heterocycles. The Hall–Kier alpha value is -3.52. The van der Waals surface area contributed by atoms with Crippen LogP contribution in [-0.4, -0.2) is 27.5 Å². The zero-order valence-electron chi connectivity index (χ0n) is 19.9. The van der Waals surface area contributed by atoms with Crippen LogP contribution in [0.2, 0.25) is 0 Å². The fourth-order valence-electron chi connectivity index (χ4n) is 4.23. The lowest BCUT2D eigenvalue weighted by Gasteiger charge is -2.26. The second-order valence-electron chi connectivity index (χ2n) is 8.49. The summed E-state index contributed by atoms with van der Waals surface area (Å²) in [5.74, 6) is 0.925. The Labute approximate surface area is 206 Å². The standard InChI is InChI=1S/C27H30N2O5S/c1-3-33-22-13-11-21(12-14-22)29-35(31,32)23-15-16-26(19(2)17-23)34-18-27(30)28-25-10-6-8-20-7-4-5-9-24(20)25/h4-5,7,9,11-17,25,29H,3,6,8,10,18H2,1-2H3,(H,28,30)/t25-/m1/s1. The summed E-state index contributed by atoms with van der Waals surface area (Å²) in [4.78, 5) is 12.7. The van der Waals surface area contributed by atoms with Gasteiger partial charge in [0.05, 0.1) is 17.5 Å². The van der Waals surface area contributed by atoms with Gasteiger partial charge in [0.15, 0.2) is 6.61 Å². The summed E-state index contributed by atoms with van der Waals surface area (Å²) >= 11 is 0. The van der Waals surface area contributed by atoms with Crippen LogP contribution in [0.15, 0.2) is 71.6 Å². The maximum atomic E-state index is 12.8. The van der Waals surface area contributed by atoms with E-state index in [0.717, 1.165) is 24.8 Å². The van der Waals surface area contributed by atoms with Gasteiger partial charge in [0, 0.05) is 5.69 Å². The Balaban J connectivity index is 1.36. The molecule has 0 saturated carbocycles. The van der Waals surface area contributed by atoms with Crippen molar-refractivity contribution < 1.29 is 22.7 Å². The number of ether oxygens (including phenoxy) is 2. The number of rotatable bonds is 9. The number of sulfonamides is 1. The van der Waals surface area contributed by atoms with E-state index in [-0.39, 0.29) is 23.5 Å². The highest BCUT2D eigenvalue weighted by Gasteiger charge is 2.22.